The fourth-order valence-electron chi connectivity index (χ4n) is 7.14. The van der Waals surface area contributed by atoms with Crippen molar-refractivity contribution in [3.8, 4) is 0 Å². The molecule has 1 aliphatic carbocycles. The van der Waals surface area contributed by atoms with Gasteiger partial charge in [0.15, 0.2) is 10.3 Å². The van der Waals surface area contributed by atoms with Gasteiger partial charge in [0.25, 0.3) is 35.2 Å². The quantitative estimate of drug-likeness (QED) is 0.0399. The molecule has 2 heterocycles. The van der Waals surface area contributed by atoms with Gasteiger partial charge in [-0.1, -0.05) is 48.6 Å². The molecule has 0 atom stereocenters. The molecular formula is C38H31O13S5+. The Morgan fingerprint density at radius 1 is 0.750 bits per heavy atom. The summed E-state index contributed by atoms with van der Waals surface area (Å²) in [6, 6.07) is 13.3. The standard InChI is InChI=1S/C38H30O13S5/c1-3-50-36(39)38(37(40)51-4-2)19-21(11-13-27-23-7-5-9-25-30(54(41,42)43)16-15-29(52-27)33(23)25)17-22(20-38)12-14-28-24-8-6-10-26-31(55(44,45)46)18-32(56(47,48)49)35(53-28)34(24)26/h5-18H,3-4,19-20H2,1-2H3,(H2-,41,42,43,44,45,46,47,48,49)/p+1. The van der Waals surface area contributed by atoms with Gasteiger partial charge in [-0.25, -0.2) is 0 Å². The van der Waals surface area contributed by atoms with E-state index in [-0.39, 0.29) is 46.6 Å². The molecule has 0 saturated heterocycles. The maximum atomic E-state index is 13.7. The summed E-state index contributed by atoms with van der Waals surface area (Å²) in [5.41, 5.74) is -0.362. The zero-order valence-corrected chi connectivity index (χ0v) is 33.5. The monoisotopic (exact) mass is 855 g/mol. The van der Waals surface area contributed by atoms with Gasteiger partial charge in [0.2, 0.25) is 16.2 Å². The first-order valence-electron chi connectivity index (χ1n) is 16.8. The molecule has 4 aromatic carbocycles. The average molecular weight is 856 g/mol. The predicted molar refractivity (Wildman–Crippen MR) is 212 cm³/mol. The lowest BCUT2D eigenvalue weighted by atomic mass is 9.71. The third-order valence-electron chi connectivity index (χ3n) is 9.41. The van der Waals surface area contributed by atoms with Crippen LogP contribution >= 0.6 is 11.3 Å². The predicted octanol–water partition coefficient (Wildman–Crippen LogP) is 5.44. The van der Waals surface area contributed by atoms with Crippen LogP contribution in [0.4, 0.5) is 0 Å². The number of thiophene rings is 1. The molecule has 5 aromatic rings. The second kappa shape index (κ2) is 14.4. The van der Waals surface area contributed by atoms with Crippen molar-refractivity contribution in [2.75, 3.05) is 13.2 Å². The minimum Gasteiger partial charge on any atom is -0.465 e. The van der Waals surface area contributed by atoms with E-state index in [1.165, 1.54) is 29.5 Å². The first-order valence-corrected chi connectivity index (χ1v) is 22.8. The molecule has 0 amide bonds. The Hall–Kier alpha value is -4.66. The van der Waals surface area contributed by atoms with Crippen LogP contribution in [0.3, 0.4) is 0 Å². The van der Waals surface area contributed by atoms with Gasteiger partial charge < -0.3 is 9.47 Å². The van der Waals surface area contributed by atoms with E-state index >= 15 is 0 Å². The third kappa shape index (κ3) is 7.00. The summed E-state index contributed by atoms with van der Waals surface area (Å²) in [5, 5.41) is 1.95. The van der Waals surface area contributed by atoms with E-state index in [0.29, 0.717) is 38.4 Å². The highest BCUT2D eigenvalue weighted by molar-refractivity contribution is 7.88. The molecule has 1 aromatic heterocycles. The number of carbonyl (C=O) groups is 2. The maximum absolute atomic E-state index is 13.7. The molecule has 56 heavy (non-hydrogen) atoms. The van der Waals surface area contributed by atoms with Gasteiger partial charge in [0, 0.05) is 36.9 Å². The van der Waals surface area contributed by atoms with Crippen LogP contribution in [-0.2, 0) is 60.8 Å². The summed E-state index contributed by atoms with van der Waals surface area (Å²) in [4.78, 5) is 26.3. The van der Waals surface area contributed by atoms with Gasteiger partial charge in [-0.05, 0) is 68.2 Å². The van der Waals surface area contributed by atoms with E-state index in [1.54, 1.807) is 68.5 Å². The molecule has 2 aliphatic rings. The van der Waals surface area contributed by atoms with Crippen molar-refractivity contribution < 1.29 is 58.0 Å². The molecular weight excluding hydrogens is 825 g/mol. The Morgan fingerprint density at radius 3 is 1.98 bits per heavy atom. The fraction of sp³-hybridized carbons (Fsp3) is 0.184. The second-order valence-corrected chi connectivity index (χ2v) is 19.2. The van der Waals surface area contributed by atoms with Crippen LogP contribution in [0.2, 0.25) is 0 Å². The third-order valence-corrected chi connectivity index (χ3v) is 14.6. The fourth-order valence-corrected chi connectivity index (χ4v) is 11.9. The van der Waals surface area contributed by atoms with E-state index in [2.05, 4.69) is 0 Å². The molecule has 0 unspecified atom stereocenters. The van der Waals surface area contributed by atoms with E-state index in [0.717, 1.165) is 26.0 Å². The highest BCUT2D eigenvalue weighted by atomic mass is 32.2. The zero-order valence-electron chi connectivity index (χ0n) is 29.4. The summed E-state index contributed by atoms with van der Waals surface area (Å²) in [5.74, 6) is -1.59. The van der Waals surface area contributed by atoms with Crippen molar-refractivity contribution in [3.05, 3.63) is 100 Å². The average Bonchev–Trinajstić information content (AvgIpc) is 3.68. The van der Waals surface area contributed by atoms with Crippen LogP contribution in [-0.4, -0.2) is 68.9 Å². The van der Waals surface area contributed by atoms with Crippen LogP contribution in [0.5, 0.6) is 0 Å². The van der Waals surface area contributed by atoms with Crippen LogP contribution in [0.25, 0.3) is 37.7 Å². The van der Waals surface area contributed by atoms with Crippen molar-refractivity contribution in [3.63, 3.8) is 0 Å². The van der Waals surface area contributed by atoms with E-state index < -0.39 is 57.5 Å². The summed E-state index contributed by atoms with van der Waals surface area (Å²) in [7, 11) is -14.4. The Balaban J connectivity index is 1.38. The number of benzene rings is 4. The first-order chi connectivity index (χ1) is 26.4. The highest BCUT2D eigenvalue weighted by Gasteiger charge is 2.51. The number of esters is 2. The molecule has 1 aliphatic heterocycles. The van der Waals surface area contributed by atoms with E-state index in [1.807, 2.05) is 6.07 Å². The number of rotatable bonds is 10. The van der Waals surface area contributed by atoms with Gasteiger partial charge >= 0.3 is 11.9 Å². The van der Waals surface area contributed by atoms with Crippen LogP contribution < -0.4 is 4.53 Å². The lowest BCUT2D eigenvalue weighted by Crippen LogP contribution is -2.44. The van der Waals surface area contributed by atoms with Crippen molar-refractivity contribution >= 4 is 108 Å². The van der Waals surface area contributed by atoms with Gasteiger partial charge in [-0.15, -0.1) is 11.3 Å². The number of ether oxygens (including phenoxy) is 2. The molecule has 18 heteroatoms. The normalized spacial score (nSPS) is 16.9. The molecule has 0 bridgehead atoms. The van der Waals surface area contributed by atoms with Gasteiger partial charge in [0.1, 0.15) is 9.79 Å². The Morgan fingerprint density at radius 2 is 1.36 bits per heavy atom. The first kappa shape index (κ1) is 39.6. The van der Waals surface area contributed by atoms with Gasteiger partial charge in [0.05, 0.1) is 24.2 Å². The van der Waals surface area contributed by atoms with Crippen molar-refractivity contribution in [2.45, 2.75) is 46.3 Å². The Kier molecular flexibility index (Phi) is 10.2. The van der Waals surface area contributed by atoms with Crippen LogP contribution in [0.15, 0.2) is 110 Å². The second-order valence-electron chi connectivity index (χ2n) is 12.9. The number of hydrogen-bond acceptors (Lipinski definition) is 11. The Labute approximate surface area is 328 Å². The number of hydrogen-bond donors (Lipinski definition) is 3. The van der Waals surface area contributed by atoms with Crippen LogP contribution in [0, 0.1) is 5.41 Å². The largest absolute Gasteiger partial charge is 0.465 e. The molecule has 290 valence electrons. The van der Waals surface area contributed by atoms with E-state index in [9.17, 15) is 48.5 Å². The number of carbonyl (C=O) groups excluding carboxylic acids is 2. The van der Waals surface area contributed by atoms with Crippen molar-refractivity contribution in [2.24, 2.45) is 5.41 Å². The molecule has 13 nitrogen and oxygen atoms in total. The van der Waals surface area contributed by atoms with Crippen LogP contribution in [0.1, 0.15) is 32.3 Å². The lowest BCUT2D eigenvalue weighted by Gasteiger charge is -2.33. The van der Waals surface area contributed by atoms with Crippen molar-refractivity contribution in [1.29, 1.82) is 0 Å². The molecule has 0 fully saturated rings. The summed E-state index contributed by atoms with van der Waals surface area (Å²) >= 11 is 2.33. The van der Waals surface area contributed by atoms with Crippen molar-refractivity contribution in [1.82, 2.24) is 0 Å². The molecule has 3 N–H and O–H groups in total. The minimum absolute atomic E-state index is 0.0130. The lowest BCUT2D eigenvalue weighted by molar-refractivity contribution is -0.172. The summed E-state index contributed by atoms with van der Waals surface area (Å²) < 4.78 is 116. The number of allylic oxidation sites excluding steroid dienone is 6. The minimum atomic E-state index is -4.95. The van der Waals surface area contributed by atoms with Gasteiger partial charge in [-0.3, -0.25) is 23.2 Å². The SMILES string of the molecule is CCOC(=O)C1(C(=O)OCC)CC(/C=C/C2=[S+]c3c(S(=O)(=O)O)cc(S(=O)(=O)O)c4cccc2c34)=CC(=C/C=c2/sc3ccc(S(=O)(=O)O)c4cccc2c34)/C1. The van der Waals surface area contributed by atoms with Gasteiger partial charge in [-0.2, -0.15) is 25.3 Å². The summed E-state index contributed by atoms with van der Waals surface area (Å²) in [6.45, 7) is 3.20. The Bertz CT molecular complexity index is 3040. The smallest absolute Gasteiger partial charge is 0.324 e. The summed E-state index contributed by atoms with van der Waals surface area (Å²) in [6.07, 6.45) is 8.33. The topological polar surface area (TPSA) is 216 Å². The molecule has 0 radical (unpaired) electrons. The molecule has 7 rings (SSSR count). The zero-order chi connectivity index (χ0) is 40.4. The maximum Gasteiger partial charge on any atom is 0.324 e. The molecule has 0 spiro atoms. The van der Waals surface area contributed by atoms with E-state index in [4.69, 9.17) is 9.47 Å². The highest BCUT2D eigenvalue weighted by Crippen LogP contribution is 2.43. The molecule has 0 saturated carbocycles.